The van der Waals surface area contributed by atoms with E-state index in [2.05, 4.69) is 25.7 Å². The number of anilines is 1. The number of hydrogen-bond donors (Lipinski definition) is 3. The first-order chi connectivity index (χ1) is 11.1. The molecular formula is C15H19N7O. The minimum absolute atomic E-state index is 0.348. The summed E-state index contributed by atoms with van der Waals surface area (Å²) in [5.74, 6) is 0.127. The number of nitrogens with zero attached hydrogens (tertiary/aromatic N) is 4. The Balaban J connectivity index is 1.75. The summed E-state index contributed by atoms with van der Waals surface area (Å²) in [6.45, 7) is 1.93. The predicted molar refractivity (Wildman–Crippen MR) is 85.1 cm³/mol. The zero-order valence-corrected chi connectivity index (χ0v) is 13.0. The van der Waals surface area contributed by atoms with Gasteiger partial charge in [-0.1, -0.05) is 0 Å². The van der Waals surface area contributed by atoms with E-state index in [1.807, 2.05) is 13.2 Å². The molecule has 2 aromatic rings. The number of amides is 1. The van der Waals surface area contributed by atoms with Crippen LogP contribution in [0.5, 0.6) is 0 Å². The summed E-state index contributed by atoms with van der Waals surface area (Å²) in [5.41, 5.74) is 9.47. The molecule has 1 amide bonds. The molecule has 1 saturated heterocycles. The molecular weight excluding hydrogens is 294 g/mol. The molecule has 1 atom stereocenters. The predicted octanol–water partition coefficient (Wildman–Crippen LogP) is -0.152. The smallest absolute Gasteiger partial charge is 0.269 e. The second-order valence-electron chi connectivity index (χ2n) is 6.07. The fourth-order valence-corrected chi connectivity index (χ4v) is 3.38. The van der Waals surface area contributed by atoms with Gasteiger partial charge in [-0.25, -0.2) is 9.97 Å². The van der Waals surface area contributed by atoms with Gasteiger partial charge in [-0.2, -0.15) is 5.10 Å². The summed E-state index contributed by atoms with van der Waals surface area (Å²) in [6, 6.07) is 0.351. The Morgan fingerprint density at radius 3 is 3.09 bits per heavy atom. The highest BCUT2D eigenvalue weighted by Gasteiger charge is 2.28. The Labute approximate surface area is 133 Å². The molecule has 8 heteroatoms. The minimum atomic E-state index is -0.491. The van der Waals surface area contributed by atoms with Crippen LogP contribution >= 0.6 is 0 Å². The summed E-state index contributed by atoms with van der Waals surface area (Å²) < 4.78 is 1.70. The van der Waals surface area contributed by atoms with Gasteiger partial charge in [0, 0.05) is 31.4 Å². The molecule has 0 saturated carbocycles. The van der Waals surface area contributed by atoms with Gasteiger partial charge in [-0.15, -0.1) is 0 Å². The number of rotatable bonds is 3. The van der Waals surface area contributed by atoms with Crippen molar-refractivity contribution in [1.29, 1.82) is 0 Å². The second kappa shape index (κ2) is 5.31. The Kier molecular flexibility index (Phi) is 3.26. The third kappa shape index (κ3) is 2.35. The van der Waals surface area contributed by atoms with E-state index >= 15 is 0 Å². The van der Waals surface area contributed by atoms with Gasteiger partial charge in [0.05, 0.1) is 11.4 Å². The van der Waals surface area contributed by atoms with Gasteiger partial charge in [0.1, 0.15) is 0 Å². The monoisotopic (exact) mass is 313 g/mol. The summed E-state index contributed by atoms with van der Waals surface area (Å²) in [6.07, 6.45) is 4.45. The maximum atomic E-state index is 11.6. The van der Waals surface area contributed by atoms with Crippen LogP contribution in [-0.4, -0.2) is 44.8 Å². The number of primary amides is 1. The molecule has 1 aliphatic carbocycles. The van der Waals surface area contributed by atoms with Crippen molar-refractivity contribution < 1.29 is 4.79 Å². The molecule has 0 radical (unpaired) electrons. The highest BCUT2D eigenvalue weighted by atomic mass is 16.1. The highest BCUT2D eigenvalue weighted by Crippen LogP contribution is 2.33. The molecule has 1 aliphatic heterocycles. The first-order valence-corrected chi connectivity index (χ1v) is 7.82. The van der Waals surface area contributed by atoms with Crippen LogP contribution in [-0.2, 0) is 19.9 Å². The standard InChI is InChI=1S/C15H19N7O/c1-22-13-10(12(21-22)14(16)23)3-2-8-6-18-15(20-11(8)13)19-9-4-5-17-7-9/h6,9,17H,2-5,7H2,1H3,(H2,16,23)(H,18,19,20). The summed E-state index contributed by atoms with van der Waals surface area (Å²) in [7, 11) is 1.82. The van der Waals surface area contributed by atoms with Crippen LogP contribution in [0.15, 0.2) is 6.20 Å². The van der Waals surface area contributed by atoms with E-state index in [1.54, 1.807) is 4.68 Å². The lowest BCUT2D eigenvalue weighted by Gasteiger charge is -2.18. The lowest BCUT2D eigenvalue weighted by molar-refractivity contribution is 0.0994. The van der Waals surface area contributed by atoms with E-state index in [4.69, 9.17) is 5.73 Å². The first kappa shape index (κ1) is 14.1. The molecule has 2 aliphatic rings. The molecule has 23 heavy (non-hydrogen) atoms. The third-order valence-corrected chi connectivity index (χ3v) is 4.51. The number of aryl methyl sites for hydroxylation is 2. The molecule has 8 nitrogen and oxygen atoms in total. The van der Waals surface area contributed by atoms with Crippen LogP contribution in [0, 0.1) is 0 Å². The average Bonchev–Trinajstić information content (AvgIpc) is 3.15. The van der Waals surface area contributed by atoms with Crippen LogP contribution in [0.4, 0.5) is 5.95 Å². The molecule has 0 aromatic carbocycles. The summed E-state index contributed by atoms with van der Waals surface area (Å²) in [5, 5.41) is 11.0. The summed E-state index contributed by atoms with van der Waals surface area (Å²) in [4.78, 5) is 20.7. The van der Waals surface area contributed by atoms with E-state index in [1.165, 1.54) is 0 Å². The average molecular weight is 313 g/mol. The molecule has 3 heterocycles. The SMILES string of the molecule is Cn1nc(C(N)=O)c2c1-c1nc(NC3CCNC3)ncc1CC2. The van der Waals surface area contributed by atoms with Gasteiger partial charge in [-0.3, -0.25) is 9.48 Å². The molecule has 1 fully saturated rings. The second-order valence-corrected chi connectivity index (χ2v) is 6.07. The molecule has 1 unspecified atom stereocenters. The number of aromatic nitrogens is 4. The van der Waals surface area contributed by atoms with Crippen molar-refractivity contribution in [2.75, 3.05) is 18.4 Å². The molecule has 4 N–H and O–H groups in total. The van der Waals surface area contributed by atoms with Crippen LogP contribution in [0.3, 0.4) is 0 Å². The number of carbonyl (C=O) groups excluding carboxylic acids is 1. The van der Waals surface area contributed by atoms with E-state index in [9.17, 15) is 4.79 Å². The molecule has 120 valence electrons. The zero-order chi connectivity index (χ0) is 16.0. The lowest BCUT2D eigenvalue weighted by Crippen LogP contribution is -2.24. The van der Waals surface area contributed by atoms with Crippen LogP contribution in [0.2, 0.25) is 0 Å². The molecule has 4 rings (SSSR count). The normalized spacial score (nSPS) is 19.3. The van der Waals surface area contributed by atoms with Gasteiger partial charge >= 0.3 is 0 Å². The molecule has 0 spiro atoms. The van der Waals surface area contributed by atoms with Crippen molar-refractivity contribution in [1.82, 2.24) is 25.1 Å². The van der Waals surface area contributed by atoms with Gasteiger partial charge < -0.3 is 16.4 Å². The van der Waals surface area contributed by atoms with E-state index in [-0.39, 0.29) is 0 Å². The Morgan fingerprint density at radius 2 is 2.35 bits per heavy atom. The largest absolute Gasteiger partial charge is 0.364 e. The highest BCUT2D eigenvalue weighted by molar-refractivity contribution is 5.94. The van der Waals surface area contributed by atoms with Crippen molar-refractivity contribution in [2.45, 2.75) is 25.3 Å². The number of nitrogens with two attached hydrogens (primary N) is 1. The van der Waals surface area contributed by atoms with Crippen LogP contribution in [0.25, 0.3) is 11.4 Å². The van der Waals surface area contributed by atoms with Gasteiger partial charge in [0.15, 0.2) is 5.69 Å². The van der Waals surface area contributed by atoms with Crippen molar-refractivity contribution in [3.05, 3.63) is 23.0 Å². The quantitative estimate of drug-likeness (QED) is 0.727. The van der Waals surface area contributed by atoms with E-state index in [0.717, 1.165) is 54.9 Å². The zero-order valence-electron chi connectivity index (χ0n) is 13.0. The number of carbonyl (C=O) groups is 1. The van der Waals surface area contributed by atoms with Crippen LogP contribution < -0.4 is 16.4 Å². The van der Waals surface area contributed by atoms with Crippen LogP contribution in [0.1, 0.15) is 28.0 Å². The Morgan fingerprint density at radius 1 is 1.48 bits per heavy atom. The lowest BCUT2D eigenvalue weighted by atomic mass is 9.93. The van der Waals surface area contributed by atoms with Gasteiger partial charge in [0.2, 0.25) is 5.95 Å². The third-order valence-electron chi connectivity index (χ3n) is 4.51. The minimum Gasteiger partial charge on any atom is -0.364 e. The van der Waals surface area contributed by atoms with Gasteiger partial charge in [-0.05, 0) is 31.4 Å². The number of nitrogens with one attached hydrogen (secondary N) is 2. The Bertz CT molecular complexity index is 776. The number of hydrogen-bond acceptors (Lipinski definition) is 6. The van der Waals surface area contributed by atoms with E-state index < -0.39 is 5.91 Å². The molecule has 0 bridgehead atoms. The van der Waals surface area contributed by atoms with Crippen molar-refractivity contribution in [2.24, 2.45) is 12.8 Å². The maximum absolute atomic E-state index is 11.6. The fraction of sp³-hybridized carbons (Fsp3) is 0.467. The fourth-order valence-electron chi connectivity index (χ4n) is 3.38. The molecule has 2 aromatic heterocycles. The van der Waals surface area contributed by atoms with Crippen molar-refractivity contribution in [3.63, 3.8) is 0 Å². The Hall–Kier alpha value is -2.48. The van der Waals surface area contributed by atoms with Crippen molar-refractivity contribution in [3.8, 4) is 11.4 Å². The first-order valence-electron chi connectivity index (χ1n) is 7.82. The van der Waals surface area contributed by atoms with E-state index in [0.29, 0.717) is 17.7 Å². The summed E-state index contributed by atoms with van der Waals surface area (Å²) >= 11 is 0. The van der Waals surface area contributed by atoms with Gasteiger partial charge in [0.25, 0.3) is 5.91 Å². The number of fused-ring (bicyclic) bond motifs is 3. The topological polar surface area (TPSA) is 111 Å². The van der Waals surface area contributed by atoms with Crippen molar-refractivity contribution >= 4 is 11.9 Å². The maximum Gasteiger partial charge on any atom is 0.269 e.